The fraction of sp³-hybridized carbons (Fsp3) is 0.118. The summed E-state index contributed by atoms with van der Waals surface area (Å²) in [7, 11) is 0. The van der Waals surface area contributed by atoms with E-state index in [2.05, 4.69) is 17.8 Å². The molecule has 0 aliphatic rings. The average molecular weight is 249 g/mol. The summed E-state index contributed by atoms with van der Waals surface area (Å²) in [6.45, 7) is 2.31. The number of hydrogen-bond donors (Lipinski definition) is 0. The molecule has 0 spiro atoms. The lowest BCUT2D eigenvalue weighted by molar-refractivity contribution is 0.370. The van der Waals surface area contributed by atoms with Crippen LogP contribution in [0.15, 0.2) is 53.5 Å². The van der Waals surface area contributed by atoms with Crippen LogP contribution < -0.4 is 4.74 Å². The van der Waals surface area contributed by atoms with Crippen molar-refractivity contribution >= 4 is 11.9 Å². The van der Waals surface area contributed by atoms with Crippen molar-refractivity contribution in [2.24, 2.45) is 4.99 Å². The number of aryl methyl sites for hydroxylation is 1. The summed E-state index contributed by atoms with van der Waals surface area (Å²) in [4.78, 5) is 4.43. The van der Waals surface area contributed by atoms with Crippen LogP contribution in [0.25, 0.3) is 0 Å². The van der Waals surface area contributed by atoms with Gasteiger partial charge in [-0.3, -0.25) is 4.99 Å². The zero-order chi connectivity index (χ0) is 13.5. The molecule has 19 heavy (non-hydrogen) atoms. The summed E-state index contributed by atoms with van der Waals surface area (Å²) in [6, 6.07) is 15.7. The molecule has 0 amide bonds. The van der Waals surface area contributed by atoms with Crippen molar-refractivity contribution in [3.63, 3.8) is 0 Å². The Morgan fingerprint density at radius 3 is 2.63 bits per heavy atom. The van der Waals surface area contributed by atoms with Gasteiger partial charge in [0.05, 0.1) is 5.69 Å². The Balaban J connectivity index is 2.18. The predicted octanol–water partition coefficient (Wildman–Crippen LogP) is 3.76. The minimum Gasteiger partial charge on any atom is -0.480 e. The van der Waals surface area contributed by atoms with Gasteiger partial charge in [-0.15, -0.1) is 6.42 Å². The SMILES string of the molecule is C#CCOc1ccccc1C=Nc1ccc(C)cc1. The number of hydrogen-bond acceptors (Lipinski definition) is 2. The van der Waals surface area contributed by atoms with Gasteiger partial charge in [0.1, 0.15) is 12.4 Å². The van der Waals surface area contributed by atoms with Crippen molar-refractivity contribution in [1.29, 1.82) is 0 Å². The maximum absolute atomic E-state index is 5.47. The molecule has 94 valence electrons. The second-order valence-electron chi connectivity index (χ2n) is 4.12. The normalized spacial score (nSPS) is 10.3. The van der Waals surface area contributed by atoms with E-state index in [0.29, 0.717) is 0 Å². The predicted molar refractivity (Wildman–Crippen MR) is 79.2 cm³/mol. The minimum atomic E-state index is 0.259. The van der Waals surface area contributed by atoms with Gasteiger partial charge in [-0.1, -0.05) is 35.7 Å². The average Bonchev–Trinajstić information content (AvgIpc) is 2.45. The molecular formula is C17H15NO. The molecule has 0 fully saturated rings. The van der Waals surface area contributed by atoms with Crippen LogP contribution in [0.5, 0.6) is 5.75 Å². The van der Waals surface area contributed by atoms with Crippen LogP contribution in [0.3, 0.4) is 0 Å². The van der Waals surface area contributed by atoms with Gasteiger partial charge < -0.3 is 4.74 Å². The standard InChI is InChI=1S/C17H15NO/c1-3-12-19-17-7-5-4-6-15(17)13-18-16-10-8-14(2)9-11-16/h1,4-11,13H,12H2,2H3. The number of ether oxygens (including phenoxy) is 1. The second kappa shape index (κ2) is 6.42. The smallest absolute Gasteiger partial charge is 0.148 e. The molecule has 0 radical (unpaired) electrons. The van der Waals surface area contributed by atoms with E-state index >= 15 is 0 Å². The van der Waals surface area contributed by atoms with Crippen LogP contribution in [0.2, 0.25) is 0 Å². The summed E-state index contributed by atoms with van der Waals surface area (Å²) in [5, 5.41) is 0. The highest BCUT2D eigenvalue weighted by Gasteiger charge is 1.99. The molecule has 0 aromatic heterocycles. The molecule has 0 bridgehead atoms. The fourth-order valence-electron chi connectivity index (χ4n) is 1.61. The first-order valence-electron chi connectivity index (χ1n) is 6.05. The van der Waals surface area contributed by atoms with Gasteiger partial charge in [0.25, 0.3) is 0 Å². The van der Waals surface area contributed by atoms with E-state index in [1.807, 2.05) is 48.5 Å². The Bertz CT molecular complexity index is 606. The van der Waals surface area contributed by atoms with Gasteiger partial charge in [0.2, 0.25) is 0 Å². The number of nitrogens with zero attached hydrogens (tertiary/aromatic N) is 1. The van der Waals surface area contributed by atoms with Gasteiger partial charge in [0.15, 0.2) is 0 Å². The van der Waals surface area contributed by atoms with E-state index in [4.69, 9.17) is 11.2 Å². The van der Waals surface area contributed by atoms with Gasteiger partial charge in [0, 0.05) is 11.8 Å². The molecule has 0 aliphatic heterocycles. The third-order valence-electron chi connectivity index (χ3n) is 2.62. The molecule has 2 heteroatoms. The fourth-order valence-corrected chi connectivity index (χ4v) is 1.61. The Labute approximate surface area is 113 Å². The van der Waals surface area contributed by atoms with Crippen LogP contribution in [-0.2, 0) is 0 Å². The first-order valence-corrected chi connectivity index (χ1v) is 6.05. The Kier molecular flexibility index (Phi) is 4.36. The largest absolute Gasteiger partial charge is 0.480 e. The van der Waals surface area contributed by atoms with E-state index in [1.54, 1.807) is 6.21 Å². The maximum atomic E-state index is 5.47. The quantitative estimate of drug-likeness (QED) is 0.597. The molecule has 2 nitrogen and oxygen atoms in total. The first kappa shape index (κ1) is 12.9. The summed E-state index contributed by atoms with van der Waals surface area (Å²) in [6.07, 6.45) is 6.99. The molecule has 0 saturated carbocycles. The van der Waals surface area contributed by atoms with Crippen LogP contribution >= 0.6 is 0 Å². The number of para-hydroxylation sites is 1. The second-order valence-corrected chi connectivity index (χ2v) is 4.12. The number of benzene rings is 2. The highest BCUT2D eigenvalue weighted by Crippen LogP contribution is 2.18. The van der Waals surface area contributed by atoms with E-state index in [9.17, 15) is 0 Å². The lowest BCUT2D eigenvalue weighted by Crippen LogP contribution is -1.96. The molecule has 0 atom stereocenters. The van der Waals surface area contributed by atoms with Crippen molar-refractivity contribution in [1.82, 2.24) is 0 Å². The molecule has 0 saturated heterocycles. The lowest BCUT2D eigenvalue weighted by Gasteiger charge is -2.05. The number of rotatable bonds is 4. The highest BCUT2D eigenvalue weighted by atomic mass is 16.5. The molecule has 2 aromatic carbocycles. The van der Waals surface area contributed by atoms with Gasteiger partial charge in [-0.05, 0) is 31.2 Å². The monoisotopic (exact) mass is 249 g/mol. The lowest BCUT2D eigenvalue weighted by atomic mass is 10.2. The van der Waals surface area contributed by atoms with Crippen molar-refractivity contribution in [3.8, 4) is 18.1 Å². The zero-order valence-corrected chi connectivity index (χ0v) is 10.8. The molecule has 0 aliphatic carbocycles. The molecule has 2 rings (SSSR count). The van der Waals surface area contributed by atoms with Gasteiger partial charge in [-0.25, -0.2) is 0 Å². The van der Waals surface area contributed by atoms with E-state index in [1.165, 1.54) is 5.56 Å². The third kappa shape index (κ3) is 3.72. The number of aliphatic imine (C=N–C) groups is 1. The van der Waals surface area contributed by atoms with Gasteiger partial charge >= 0.3 is 0 Å². The van der Waals surface area contributed by atoms with E-state index in [-0.39, 0.29) is 6.61 Å². The van der Waals surface area contributed by atoms with Crippen LogP contribution in [-0.4, -0.2) is 12.8 Å². The first-order chi connectivity index (χ1) is 9.29. The van der Waals surface area contributed by atoms with Crippen LogP contribution in [0, 0.1) is 19.3 Å². The van der Waals surface area contributed by atoms with E-state index < -0.39 is 0 Å². The van der Waals surface area contributed by atoms with Gasteiger partial charge in [-0.2, -0.15) is 0 Å². The van der Waals surface area contributed by atoms with Crippen molar-refractivity contribution in [2.75, 3.05) is 6.61 Å². The summed E-state index contributed by atoms with van der Waals surface area (Å²) in [5.41, 5.74) is 3.05. The molecule has 2 aromatic rings. The Morgan fingerprint density at radius 1 is 1.16 bits per heavy atom. The van der Waals surface area contributed by atoms with E-state index in [0.717, 1.165) is 17.0 Å². The summed E-state index contributed by atoms with van der Waals surface area (Å²) >= 11 is 0. The number of terminal acetylenes is 1. The maximum Gasteiger partial charge on any atom is 0.148 e. The summed E-state index contributed by atoms with van der Waals surface area (Å²) in [5.74, 6) is 3.20. The van der Waals surface area contributed by atoms with Crippen LogP contribution in [0.4, 0.5) is 5.69 Å². The van der Waals surface area contributed by atoms with Crippen LogP contribution in [0.1, 0.15) is 11.1 Å². The Hall–Kier alpha value is -2.53. The van der Waals surface area contributed by atoms with Crippen molar-refractivity contribution < 1.29 is 4.74 Å². The highest BCUT2D eigenvalue weighted by molar-refractivity contribution is 5.85. The topological polar surface area (TPSA) is 21.6 Å². The third-order valence-corrected chi connectivity index (χ3v) is 2.62. The van der Waals surface area contributed by atoms with Crippen molar-refractivity contribution in [2.45, 2.75) is 6.92 Å². The minimum absolute atomic E-state index is 0.259. The zero-order valence-electron chi connectivity index (χ0n) is 10.8. The molecular weight excluding hydrogens is 234 g/mol. The molecule has 0 unspecified atom stereocenters. The molecule has 0 heterocycles. The summed E-state index contributed by atoms with van der Waals surface area (Å²) < 4.78 is 5.47. The Morgan fingerprint density at radius 2 is 1.89 bits per heavy atom. The molecule has 0 N–H and O–H groups in total. The van der Waals surface area contributed by atoms with Crippen molar-refractivity contribution in [3.05, 3.63) is 59.7 Å².